The Bertz CT molecular complexity index is 1150. The highest BCUT2D eigenvalue weighted by Gasteiger charge is 2.24. The van der Waals surface area contributed by atoms with Crippen molar-refractivity contribution in [2.45, 2.75) is 6.92 Å². The number of phenolic OH excluding ortho intramolecular Hbond substituents is 1. The summed E-state index contributed by atoms with van der Waals surface area (Å²) in [5.74, 6) is -0.522. The van der Waals surface area contributed by atoms with Crippen molar-refractivity contribution in [3.8, 4) is 22.7 Å². The molecule has 4 aromatic rings. The van der Waals surface area contributed by atoms with Gasteiger partial charge in [0.05, 0.1) is 23.8 Å². The van der Waals surface area contributed by atoms with Gasteiger partial charge in [-0.3, -0.25) is 14.5 Å². The number of fused-ring (bicyclic) bond motifs is 1. The van der Waals surface area contributed by atoms with Gasteiger partial charge in [0.15, 0.2) is 5.65 Å². The Hall–Kier alpha value is -3.88. The second-order valence-corrected chi connectivity index (χ2v) is 5.85. The molecule has 0 spiro atoms. The summed E-state index contributed by atoms with van der Waals surface area (Å²) in [5.41, 5.74) is 15.2. The lowest BCUT2D eigenvalue weighted by molar-refractivity contribution is 0.100. The summed E-state index contributed by atoms with van der Waals surface area (Å²) in [6, 6.07) is 4.85. The standard InChI is InChI=1S/C17H15N7O2/c1-8-2-3-10(25)4-12(8)24-15(18)13(16(19)26)14-17(24)23-11(7-20-14)9-5-21-22-6-9/h2-7,25H,18H2,1H3,(H2,19,26)(H,21,22). The number of H-pyrrole nitrogens is 1. The number of benzene rings is 1. The fourth-order valence-electron chi connectivity index (χ4n) is 2.91. The van der Waals surface area contributed by atoms with E-state index in [1.54, 1.807) is 35.2 Å². The molecule has 3 aromatic heterocycles. The number of phenols is 1. The molecule has 26 heavy (non-hydrogen) atoms. The fourth-order valence-corrected chi connectivity index (χ4v) is 2.91. The van der Waals surface area contributed by atoms with E-state index in [0.29, 0.717) is 22.5 Å². The number of aromatic hydroxyl groups is 1. The number of rotatable bonds is 3. The number of hydrogen-bond donors (Lipinski definition) is 4. The number of carbonyl (C=O) groups excluding carboxylic acids is 1. The van der Waals surface area contributed by atoms with Crippen molar-refractivity contribution in [1.82, 2.24) is 24.7 Å². The third-order valence-electron chi connectivity index (χ3n) is 4.17. The van der Waals surface area contributed by atoms with Crippen LogP contribution in [0.3, 0.4) is 0 Å². The van der Waals surface area contributed by atoms with Gasteiger partial charge in [-0.05, 0) is 18.6 Å². The minimum absolute atomic E-state index is 0.0615. The van der Waals surface area contributed by atoms with Gasteiger partial charge in [0.2, 0.25) is 0 Å². The fraction of sp³-hybridized carbons (Fsp3) is 0.0588. The quantitative estimate of drug-likeness (QED) is 0.440. The minimum Gasteiger partial charge on any atom is -0.508 e. The van der Waals surface area contributed by atoms with Gasteiger partial charge in [0.25, 0.3) is 5.91 Å². The van der Waals surface area contributed by atoms with Crippen LogP contribution >= 0.6 is 0 Å². The van der Waals surface area contributed by atoms with Crippen LogP contribution in [-0.4, -0.2) is 35.7 Å². The molecule has 0 aliphatic heterocycles. The lowest BCUT2D eigenvalue weighted by Crippen LogP contribution is -2.14. The number of primary amides is 1. The molecule has 130 valence electrons. The van der Waals surface area contributed by atoms with Gasteiger partial charge < -0.3 is 16.6 Å². The molecule has 4 rings (SSSR count). The molecule has 1 amide bonds. The Labute approximate surface area is 147 Å². The van der Waals surface area contributed by atoms with E-state index in [9.17, 15) is 9.90 Å². The van der Waals surface area contributed by atoms with E-state index in [1.165, 1.54) is 6.20 Å². The van der Waals surface area contributed by atoms with Gasteiger partial charge in [-0.15, -0.1) is 0 Å². The second kappa shape index (κ2) is 5.59. The third-order valence-corrected chi connectivity index (χ3v) is 4.17. The lowest BCUT2D eigenvalue weighted by atomic mass is 10.2. The molecule has 0 aliphatic carbocycles. The zero-order valence-electron chi connectivity index (χ0n) is 13.8. The maximum atomic E-state index is 11.9. The maximum absolute atomic E-state index is 11.9. The lowest BCUT2D eigenvalue weighted by Gasteiger charge is -2.11. The summed E-state index contributed by atoms with van der Waals surface area (Å²) in [7, 11) is 0. The number of aryl methyl sites for hydroxylation is 1. The van der Waals surface area contributed by atoms with Gasteiger partial charge >= 0.3 is 0 Å². The van der Waals surface area contributed by atoms with Crippen molar-refractivity contribution in [2.75, 3.05) is 5.73 Å². The number of aromatic amines is 1. The predicted octanol–water partition coefficient (Wildman–Crippen LogP) is 1.51. The highest BCUT2D eigenvalue weighted by Crippen LogP contribution is 2.32. The molecule has 0 bridgehead atoms. The summed E-state index contributed by atoms with van der Waals surface area (Å²) in [5, 5.41) is 16.5. The number of aromatic nitrogens is 5. The van der Waals surface area contributed by atoms with Gasteiger partial charge in [-0.25, -0.2) is 9.97 Å². The summed E-state index contributed by atoms with van der Waals surface area (Å²) in [6.07, 6.45) is 4.82. The van der Waals surface area contributed by atoms with E-state index in [0.717, 1.165) is 11.1 Å². The van der Waals surface area contributed by atoms with Crippen molar-refractivity contribution in [1.29, 1.82) is 0 Å². The average Bonchev–Trinajstić information content (AvgIpc) is 3.22. The smallest absolute Gasteiger partial charge is 0.254 e. The molecular formula is C17H15N7O2. The van der Waals surface area contributed by atoms with E-state index in [4.69, 9.17) is 11.5 Å². The molecule has 9 nitrogen and oxygen atoms in total. The van der Waals surface area contributed by atoms with Crippen molar-refractivity contribution in [3.63, 3.8) is 0 Å². The van der Waals surface area contributed by atoms with Crippen LogP contribution in [0.1, 0.15) is 15.9 Å². The van der Waals surface area contributed by atoms with Crippen LogP contribution < -0.4 is 11.5 Å². The number of anilines is 1. The molecule has 0 atom stereocenters. The first-order valence-electron chi connectivity index (χ1n) is 7.73. The van der Waals surface area contributed by atoms with Crippen LogP contribution in [0.4, 0.5) is 5.82 Å². The van der Waals surface area contributed by atoms with Crippen LogP contribution in [0.2, 0.25) is 0 Å². The Kier molecular flexibility index (Phi) is 3.36. The zero-order valence-corrected chi connectivity index (χ0v) is 13.8. The number of nitrogens with two attached hydrogens (primary N) is 2. The number of nitrogens with one attached hydrogen (secondary N) is 1. The van der Waals surface area contributed by atoms with Gasteiger partial charge in [0, 0.05) is 17.8 Å². The van der Waals surface area contributed by atoms with Gasteiger partial charge in [-0.1, -0.05) is 6.07 Å². The predicted molar refractivity (Wildman–Crippen MR) is 95.8 cm³/mol. The molecule has 0 fully saturated rings. The first kappa shape index (κ1) is 15.6. The van der Waals surface area contributed by atoms with Gasteiger partial charge in [-0.2, -0.15) is 5.10 Å². The molecule has 0 saturated heterocycles. The van der Waals surface area contributed by atoms with Crippen LogP contribution in [-0.2, 0) is 0 Å². The number of amides is 1. The summed E-state index contributed by atoms with van der Waals surface area (Å²) < 4.78 is 1.57. The third kappa shape index (κ3) is 2.25. The molecule has 0 aliphatic rings. The SMILES string of the molecule is Cc1ccc(O)cc1-n1c(N)c(C(N)=O)c2ncc(-c3cn[nH]c3)nc21. The number of hydrogen-bond acceptors (Lipinski definition) is 6. The van der Waals surface area contributed by atoms with E-state index < -0.39 is 5.91 Å². The van der Waals surface area contributed by atoms with E-state index in [2.05, 4.69) is 20.2 Å². The summed E-state index contributed by atoms with van der Waals surface area (Å²) >= 11 is 0. The molecular weight excluding hydrogens is 334 g/mol. The molecule has 0 saturated carbocycles. The average molecular weight is 349 g/mol. The van der Waals surface area contributed by atoms with Crippen LogP contribution in [0, 0.1) is 6.92 Å². The summed E-state index contributed by atoms with van der Waals surface area (Å²) in [6.45, 7) is 1.86. The minimum atomic E-state index is -0.700. The summed E-state index contributed by atoms with van der Waals surface area (Å²) in [4.78, 5) is 20.9. The normalized spacial score (nSPS) is 11.1. The highest BCUT2D eigenvalue weighted by atomic mass is 16.3. The van der Waals surface area contributed by atoms with E-state index >= 15 is 0 Å². The number of carbonyl (C=O) groups is 1. The Morgan fingerprint density at radius 3 is 2.81 bits per heavy atom. The van der Waals surface area contributed by atoms with Crippen LogP contribution in [0.15, 0.2) is 36.8 Å². The topological polar surface area (TPSA) is 149 Å². The Balaban J connectivity index is 2.10. The second-order valence-electron chi connectivity index (χ2n) is 5.85. The monoisotopic (exact) mass is 349 g/mol. The Morgan fingerprint density at radius 1 is 1.31 bits per heavy atom. The van der Waals surface area contributed by atoms with Crippen LogP contribution in [0.25, 0.3) is 28.1 Å². The van der Waals surface area contributed by atoms with E-state index in [1.807, 2.05) is 6.92 Å². The first-order chi connectivity index (χ1) is 12.5. The highest BCUT2D eigenvalue weighted by molar-refractivity contribution is 6.09. The maximum Gasteiger partial charge on any atom is 0.254 e. The number of nitrogen functional groups attached to an aromatic ring is 1. The zero-order chi connectivity index (χ0) is 18.4. The van der Waals surface area contributed by atoms with Crippen molar-refractivity contribution in [3.05, 3.63) is 47.9 Å². The molecule has 9 heteroatoms. The van der Waals surface area contributed by atoms with E-state index in [-0.39, 0.29) is 17.1 Å². The molecule has 1 aromatic carbocycles. The molecule has 3 heterocycles. The Morgan fingerprint density at radius 2 is 2.12 bits per heavy atom. The van der Waals surface area contributed by atoms with Crippen molar-refractivity contribution in [2.24, 2.45) is 5.73 Å². The van der Waals surface area contributed by atoms with Crippen LogP contribution in [0.5, 0.6) is 5.75 Å². The first-order valence-corrected chi connectivity index (χ1v) is 7.73. The molecule has 0 radical (unpaired) electrons. The largest absolute Gasteiger partial charge is 0.508 e. The van der Waals surface area contributed by atoms with Crippen molar-refractivity contribution < 1.29 is 9.90 Å². The molecule has 0 unspecified atom stereocenters. The number of nitrogens with zero attached hydrogens (tertiary/aromatic N) is 4. The van der Waals surface area contributed by atoms with Gasteiger partial charge in [0.1, 0.15) is 22.6 Å². The van der Waals surface area contributed by atoms with Crippen molar-refractivity contribution >= 4 is 22.9 Å². The molecule has 6 N–H and O–H groups in total.